The van der Waals surface area contributed by atoms with Crippen LogP contribution in [0, 0.1) is 0 Å². The number of amides is 1. The number of likely N-dealkylation sites (N-methyl/N-ethyl adjacent to an activating group) is 1. The number of nitrogens with one attached hydrogen (secondary N) is 1. The molecule has 1 aliphatic rings. The van der Waals surface area contributed by atoms with Crippen molar-refractivity contribution in [1.29, 1.82) is 0 Å². The van der Waals surface area contributed by atoms with Gasteiger partial charge in [-0.15, -0.1) is 23.7 Å². The summed E-state index contributed by atoms with van der Waals surface area (Å²) in [6.45, 7) is 4.69. The molecule has 1 aromatic heterocycles. The maximum absolute atomic E-state index is 12.2. The van der Waals surface area contributed by atoms with Crippen LogP contribution in [0.25, 0.3) is 0 Å². The van der Waals surface area contributed by atoms with E-state index < -0.39 is 0 Å². The van der Waals surface area contributed by atoms with Crippen molar-refractivity contribution in [1.82, 2.24) is 10.2 Å². The summed E-state index contributed by atoms with van der Waals surface area (Å²) < 4.78 is 0. The quantitative estimate of drug-likeness (QED) is 0.902. The van der Waals surface area contributed by atoms with Crippen LogP contribution in [0.3, 0.4) is 0 Å². The van der Waals surface area contributed by atoms with Gasteiger partial charge >= 0.3 is 0 Å². The first-order valence-electron chi connectivity index (χ1n) is 6.36. The second-order valence-corrected chi connectivity index (χ2v) is 5.43. The zero-order chi connectivity index (χ0) is 12.1. The number of thiophene rings is 1. The molecule has 1 atom stereocenters. The lowest BCUT2D eigenvalue weighted by Crippen LogP contribution is -2.44. The number of halogens is 1. The maximum atomic E-state index is 12.2. The number of rotatable bonds is 5. The second-order valence-electron chi connectivity index (χ2n) is 4.40. The van der Waals surface area contributed by atoms with E-state index in [0.29, 0.717) is 0 Å². The lowest BCUT2D eigenvalue weighted by atomic mass is 10.2. The number of hydrogen-bond acceptors (Lipinski definition) is 3. The highest BCUT2D eigenvalue weighted by Crippen LogP contribution is 2.12. The van der Waals surface area contributed by atoms with E-state index in [4.69, 9.17) is 0 Å². The monoisotopic (exact) mass is 288 g/mol. The third-order valence-corrected chi connectivity index (χ3v) is 4.20. The highest BCUT2D eigenvalue weighted by Gasteiger charge is 2.25. The minimum Gasteiger partial charge on any atom is -0.341 e. The van der Waals surface area contributed by atoms with Gasteiger partial charge in [0.05, 0.1) is 6.04 Å². The molecule has 2 heterocycles. The van der Waals surface area contributed by atoms with E-state index in [1.165, 1.54) is 4.88 Å². The van der Waals surface area contributed by atoms with Gasteiger partial charge in [0, 0.05) is 18.0 Å². The molecule has 0 radical (unpaired) electrons. The van der Waals surface area contributed by atoms with E-state index in [2.05, 4.69) is 29.8 Å². The first-order valence-corrected chi connectivity index (χ1v) is 7.23. The van der Waals surface area contributed by atoms with Crippen LogP contribution in [0.4, 0.5) is 0 Å². The Morgan fingerprint density at radius 1 is 1.61 bits per heavy atom. The summed E-state index contributed by atoms with van der Waals surface area (Å²) in [7, 11) is 0. The van der Waals surface area contributed by atoms with Gasteiger partial charge in [-0.05, 0) is 44.2 Å². The summed E-state index contributed by atoms with van der Waals surface area (Å²) in [5, 5.41) is 5.36. The standard InChI is InChI=1S/C13H20N2OS.ClH/c1-2-15(9-7-11-5-4-10-17-11)13(16)12-6-3-8-14-12;/h4-5,10,12,14H,2-3,6-9H2,1H3;1H. The Kier molecular flexibility index (Phi) is 6.68. The molecule has 1 unspecified atom stereocenters. The van der Waals surface area contributed by atoms with Gasteiger partial charge in [-0.1, -0.05) is 6.07 Å². The van der Waals surface area contributed by atoms with E-state index in [9.17, 15) is 4.79 Å². The van der Waals surface area contributed by atoms with Crippen LogP contribution in [0.2, 0.25) is 0 Å². The zero-order valence-corrected chi connectivity index (χ0v) is 12.4. The van der Waals surface area contributed by atoms with Gasteiger partial charge in [-0.2, -0.15) is 0 Å². The molecule has 1 fully saturated rings. The van der Waals surface area contributed by atoms with Gasteiger partial charge in [-0.25, -0.2) is 0 Å². The van der Waals surface area contributed by atoms with E-state index in [0.717, 1.165) is 38.9 Å². The number of nitrogens with zero attached hydrogens (tertiary/aromatic N) is 1. The van der Waals surface area contributed by atoms with Crippen LogP contribution < -0.4 is 5.32 Å². The smallest absolute Gasteiger partial charge is 0.239 e. The first-order chi connectivity index (χ1) is 8.31. The second kappa shape index (κ2) is 7.77. The minimum atomic E-state index is 0. The molecular weight excluding hydrogens is 268 g/mol. The van der Waals surface area contributed by atoms with Crippen molar-refractivity contribution in [2.75, 3.05) is 19.6 Å². The van der Waals surface area contributed by atoms with Crippen molar-refractivity contribution < 1.29 is 4.79 Å². The van der Waals surface area contributed by atoms with Crippen LogP contribution in [-0.4, -0.2) is 36.5 Å². The SMILES string of the molecule is CCN(CCc1cccs1)C(=O)C1CCCN1.Cl. The average Bonchev–Trinajstić information content (AvgIpc) is 3.02. The number of carbonyl (C=O) groups excluding carboxylic acids is 1. The molecule has 0 bridgehead atoms. The van der Waals surface area contributed by atoms with Crippen molar-refractivity contribution in [3.05, 3.63) is 22.4 Å². The van der Waals surface area contributed by atoms with Crippen LogP contribution in [0.1, 0.15) is 24.6 Å². The third-order valence-electron chi connectivity index (χ3n) is 3.26. The fourth-order valence-corrected chi connectivity index (χ4v) is 2.94. The summed E-state index contributed by atoms with van der Waals surface area (Å²) >= 11 is 1.77. The van der Waals surface area contributed by atoms with E-state index in [-0.39, 0.29) is 24.4 Å². The molecule has 3 nitrogen and oxygen atoms in total. The van der Waals surface area contributed by atoms with Gasteiger partial charge in [0.2, 0.25) is 5.91 Å². The van der Waals surface area contributed by atoms with E-state index >= 15 is 0 Å². The normalized spacial score (nSPS) is 18.4. The molecule has 0 saturated carbocycles. The Labute approximate surface area is 119 Å². The van der Waals surface area contributed by atoms with Gasteiger partial charge in [0.15, 0.2) is 0 Å². The van der Waals surface area contributed by atoms with E-state index in [1.807, 2.05) is 4.90 Å². The predicted octanol–water partition coefficient (Wildman–Crippen LogP) is 2.31. The highest BCUT2D eigenvalue weighted by molar-refractivity contribution is 7.09. The molecule has 0 aliphatic carbocycles. The Morgan fingerprint density at radius 3 is 3.00 bits per heavy atom. The molecule has 0 spiro atoms. The van der Waals surface area contributed by atoms with Crippen LogP contribution in [0.15, 0.2) is 17.5 Å². The molecule has 0 aromatic carbocycles. The summed E-state index contributed by atoms with van der Waals surface area (Å²) in [6.07, 6.45) is 3.09. The van der Waals surface area contributed by atoms with Crippen molar-refractivity contribution in [3.8, 4) is 0 Å². The van der Waals surface area contributed by atoms with Gasteiger partial charge < -0.3 is 10.2 Å². The Bertz CT molecular complexity index is 350. The van der Waals surface area contributed by atoms with Crippen molar-refractivity contribution in [2.45, 2.75) is 32.2 Å². The van der Waals surface area contributed by atoms with Crippen LogP contribution in [-0.2, 0) is 11.2 Å². The predicted molar refractivity (Wildman–Crippen MR) is 78.5 cm³/mol. The van der Waals surface area contributed by atoms with E-state index in [1.54, 1.807) is 11.3 Å². The Balaban J connectivity index is 0.00000162. The zero-order valence-electron chi connectivity index (χ0n) is 10.7. The van der Waals surface area contributed by atoms with Crippen LogP contribution in [0.5, 0.6) is 0 Å². The highest BCUT2D eigenvalue weighted by atomic mass is 35.5. The first kappa shape index (κ1) is 15.5. The number of carbonyl (C=O) groups is 1. The minimum absolute atomic E-state index is 0. The molecule has 5 heteroatoms. The summed E-state index contributed by atoms with van der Waals surface area (Å²) in [5.41, 5.74) is 0. The average molecular weight is 289 g/mol. The molecule has 1 saturated heterocycles. The fraction of sp³-hybridized carbons (Fsp3) is 0.615. The lowest BCUT2D eigenvalue weighted by molar-refractivity contribution is -0.132. The largest absolute Gasteiger partial charge is 0.341 e. The molecule has 18 heavy (non-hydrogen) atoms. The Hall–Kier alpha value is -0.580. The molecular formula is C13H21ClN2OS. The molecule has 2 rings (SSSR count). The summed E-state index contributed by atoms with van der Waals surface area (Å²) in [4.78, 5) is 15.5. The summed E-state index contributed by atoms with van der Waals surface area (Å²) in [5.74, 6) is 0.279. The van der Waals surface area contributed by atoms with Gasteiger partial charge in [0.25, 0.3) is 0 Å². The summed E-state index contributed by atoms with van der Waals surface area (Å²) in [6, 6.07) is 4.27. The molecule has 1 aromatic rings. The fourth-order valence-electron chi connectivity index (χ4n) is 2.24. The molecule has 102 valence electrons. The van der Waals surface area contributed by atoms with Crippen LogP contribution >= 0.6 is 23.7 Å². The van der Waals surface area contributed by atoms with Crippen molar-refractivity contribution in [2.24, 2.45) is 0 Å². The molecule has 1 N–H and O–H groups in total. The molecule has 1 aliphatic heterocycles. The molecule has 1 amide bonds. The van der Waals surface area contributed by atoms with Crippen molar-refractivity contribution in [3.63, 3.8) is 0 Å². The third kappa shape index (κ3) is 3.97. The number of hydrogen-bond donors (Lipinski definition) is 1. The van der Waals surface area contributed by atoms with Crippen molar-refractivity contribution >= 4 is 29.7 Å². The van der Waals surface area contributed by atoms with Gasteiger partial charge in [-0.3, -0.25) is 4.79 Å². The van der Waals surface area contributed by atoms with Gasteiger partial charge in [0.1, 0.15) is 0 Å². The topological polar surface area (TPSA) is 32.3 Å². The Morgan fingerprint density at radius 2 is 2.44 bits per heavy atom. The lowest BCUT2D eigenvalue weighted by Gasteiger charge is -2.24. The maximum Gasteiger partial charge on any atom is 0.239 e.